The van der Waals surface area contributed by atoms with E-state index in [1.165, 1.54) is 38.5 Å². The molecule has 2 aliphatic rings. The molecule has 2 unspecified atom stereocenters. The number of alkyl halides is 2. The van der Waals surface area contributed by atoms with Gasteiger partial charge in [0.15, 0.2) is 0 Å². The molecule has 0 amide bonds. The predicted octanol–water partition coefficient (Wildman–Crippen LogP) is 3.09. The van der Waals surface area contributed by atoms with Crippen LogP contribution in [0.4, 0.5) is 0 Å². The van der Waals surface area contributed by atoms with E-state index < -0.39 is 0 Å². The molecule has 20 heavy (non-hydrogen) atoms. The normalized spacial score (nSPS) is 23.9. The summed E-state index contributed by atoms with van der Waals surface area (Å²) in [6, 6.07) is 0. The van der Waals surface area contributed by atoms with E-state index in [1.54, 1.807) is 0 Å². The van der Waals surface area contributed by atoms with Gasteiger partial charge in [0.1, 0.15) is 11.0 Å². The number of hydrogen-bond donors (Lipinski definition) is 0. The van der Waals surface area contributed by atoms with Gasteiger partial charge in [-0.25, -0.2) is 0 Å². The minimum Gasteiger partial charge on any atom is -0.277 e. The number of hydrogen-bond acceptors (Lipinski definition) is 2. The van der Waals surface area contributed by atoms with E-state index in [9.17, 15) is 0 Å². The molecule has 0 aromatic heterocycles. The summed E-state index contributed by atoms with van der Waals surface area (Å²) in [4.78, 5) is 4.42. The average molecular weight is 313 g/mol. The molecule has 2 aliphatic heterocycles. The highest BCUT2D eigenvalue weighted by atomic mass is 35.5. The van der Waals surface area contributed by atoms with Gasteiger partial charge in [-0.3, -0.25) is 9.80 Å². The third-order valence-electron chi connectivity index (χ3n) is 3.87. The molecule has 2 heterocycles. The van der Waals surface area contributed by atoms with Gasteiger partial charge in [0.2, 0.25) is 0 Å². The van der Waals surface area contributed by atoms with Crippen molar-refractivity contribution in [3.05, 3.63) is 0 Å². The van der Waals surface area contributed by atoms with Gasteiger partial charge in [0, 0.05) is 26.2 Å². The highest BCUT2D eigenvalue weighted by Gasteiger charge is 2.16. The SMILES string of the molecule is ClC(C#CC#CC(Cl)N1CCCCC1)N1CCCCC1. The van der Waals surface area contributed by atoms with E-state index in [4.69, 9.17) is 23.2 Å². The van der Waals surface area contributed by atoms with E-state index in [-0.39, 0.29) is 11.0 Å². The summed E-state index contributed by atoms with van der Waals surface area (Å²) in [5, 5.41) is 0. The van der Waals surface area contributed by atoms with Crippen LogP contribution in [0.1, 0.15) is 38.5 Å². The van der Waals surface area contributed by atoms with Gasteiger partial charge in [0.05, 0.1) is 0 Å². The standard InChI is InChI=1S/C16H22Cl2N2/c17-15(19-11-5-1-6-12-19)9-3-4-10-16(18)20-13-7-2-8-14-20/h15-16H,1-2,5-8,11-14H2. The Kier molecular flexibility index (Phi) is 7.05. The minimum absolute atomic E-state index is 0.214. The zero-order valence-electron chi connectivity index (χ0n) is 11.9. The first kappa shape index (κ1) is 16.0. The molecule has 2 rings (SSSR count). The molecule has 2 atom stereocenters. The molecule has 2 saturated heterocycles. The first-order valence-electron chi connectivity index (χ1n) is 7.55. The second-order valence-corrected chi connectivity index (χ2v) is 6.23. The molecule has 0 aromatic carbocycles. The second kappa shape index (κ2) is 8.81. The lowest BCUT2D eigenvalue weighted by molar-refractivity contribution is 0.236. The minimum atomic E-state index is -0.214. The Labute approximate surface area is 132 Å². The first-order chi connectivity index (χ1) is 9.77. The van der Waals surface area contributed by atoms with Crippen molar-refractivity contribution >= 4 is 23.2 Å². The number of halogens is 2. The molecular weight excluding hydrogens is 291 g/mol. The quantitative estimate of drug-likeness (QED) is 0.439. The van der Waals surface area contributed by atoms with E-state index >= 15 is 0 Å². The lowest BCUT2D eigenvalue weighted by atomic mass is 10.1. The van der Waals surface area contributed by atoms with E-state index in [1.807, 2.05) is 0 Å². The summed E-state index contributed by atoms with van der Waals surface area (Å²) in [5.74, 6) is 11.7. The van der Waals surface area contributed by atoms with Gasteiger partial charge in [-0.1, -0.05) is 47.9 Å². The molecule has 0 spiro atoms. The molecule has 0 radical (unpaired) electrons. The smallest absolute Gasteiger partial charge is 0.148 e. The summed E-state index contributed by atoms with van der Waals surface area (Å²) in [5.41, 5.74) is -0.429. The molecule has 0 aromatic rings. The summed E-state index contributed by atoms with van der Waals surface area (Å²) >= 11 is 12.5. The Bertz CT molecular complexity index is 364. The van der Waals surface area contributed by atoms with Crippen LogP contribution in [-0.2, 0) is 0 Å². The van der Waals surface area contributed by atoms with Crippen molar-refractivity contribution in [1.29, 1.82) is 0 Å². The molecule has 0 bridgehead atoms. The lowest BCUT2D eigenvalue weighted by Crippen LogP contribution is -2.35. The summed E-state index contributed by atoms with van der Waals surface area (Å²) in [7, 11) is 0. The zero-order valence-corrected chi connectivity index (χ0v) is 13.4. The fourth-order valence-electron chi connectivity index (χ4n) is 2.66. The molecule has 2 fully saturated rings. The molecule has 0 saturated carbocycles. The summed E-state index contributed by atoms with van der Waals surface area (Å²) in [6.45, 7) is 4.18. The van der Waals surface area contributed by atoms with Crippen LogP contribution >= 0.6 is 23.2 Å². The molecule has 0 N–H and O–H groups in total. The van der Waals surface area contributed by atoms with Gasteiger partial charge >= 0.3 is 0 Å². The summed E-state index contributed by atoms with van der Waals surface area (Å²) in [6.07, 6.45) is 7.48. The van der Waals surface area contributed by atoms with Crippen molar-refractivity contribution in [2.24, 2.45) is 0 Å². The predicted molar refractivity (Wildman–Crippen MR) is 85.7 cm³/mol. The van der Waals surface area contributed by atoms with Crippen molar-refractivity contribution in [2.75, 3.05) is 26.2 Å². The van der Waals surface area contributed by atoms with Crippen LogP contribution in [0.15, 0.2) is 0 Å². The average Bonchev–Trinajstić information content (AvgIpc) is 2.53. The third kappa shape index (κ3) is 5.19. The largest absolute Gasteiger partial charge is 0.277 e. The van der Waals surface area contributed by atoms with Crippen LogP contribution in [0.3, 0.4) is 0 Å². The maximum Gasteiger partial charge on any atom is 0.148 e. The second-order valence-electron chi connectivity index (χ2n) is 5.40. The van der Waals surface area contributed by atoms with Gasteiger partial charge in [-0.15, -0.1) is 0 Å². The number of rotatable bonds is 2. The van der Waals surface area contributed by atoms with Crippen molar-refractivity contribution in [2.45, 2.75) is 49.5 Å². The van der Waals surface area contributed by atoms with Crippen LogP contribution in [0, 0.1) is 23.7 Å². The Morgan fingerprint density at radius 1 is 0.600 bits per heavy atom. The molecule has 0 aliphatic carbocycles. The van der Waals surface area contributed by atoms with Crippen LogP contribution < -0.4 is 0 Å². The molecular formula is C16H22Cl2N2. The van der Waals surface area contributed by atoms with Crippen molar-refractivity contribution < 1.29 is 0 Å². The number of nitrogens with zero attached hydrogens (tertiary/aromatic N) is 2. The van der Waals surface area contributed by atoms with E-state index in [2.05, 4.69) is 33.5 Å². The van der Waals surface area contributed by atoms with Crippen LogP contribution in [0.2, 0.25) is 0 Å². The highest BCUT2D eigenvalue weighted by molar-refractivity contribution is 6.22. The van der Waals surface area contributed by atoms with Gasteiger partial charge in [0.25, 0.3) is 0 Å². The van der Waals surface area contributed by atoms with Crippen molar-refractivity contribution in [3.8, 4) is 23.7 Å². The first-order valence-corrected chi connectivity index (χ1v) is 8.42. The fraction of sp³-hybridized carbons (Fsp3) is 0.750. The van der Waals surface area contributed by atoms with E-state index in [0.717, 1.165) is 26.2 Å². The monoisotopic (exact) mass is 312 g/mol. The Morgan fingerprint density at radius 3 is 1.30 bits per heavy atom. The Hall–Kier alpha value is -0.380. The van der Waals surface area contributed by atoms with Gasteiger partial charge in [-0.05, 0) is 37.5 Å². The Balaban J connectivity index is 1.79. The van der Waals surface area contributed by atoms with Crippen molar-refractivity contribution in [3.63, 3.8) is 0 Å². The number of piperidine rings is 2. The van der Waals surface area contributed by atoms with E-state index in [0.29, 0.717) is 0 Å². The Morgan fingerprint density at radius 2 is 0.950 bits per heavy atom. The maximum atomic E-state index is 6.26. The van der Waals surface area contributed by atoms with Crippen LogP contribution in [0.5, 0.6) is 0 Å². The van der Waals surface area contributed by atoms with Crippen molar-refractivity contribution in [1.82, 2.24) is 9.80 Å². The topological polar surface area (TPSA) is 6.48 Å². The lowest BCUT2D eigenvalue weighted by Gasteiger charge is -2.27. The zero-order chi connectivity index (χ0) is 14.2. The maximum absolute atomic E-state index is 6.26. The third-order valence-corrected chi connectivity index (χ3v) is 4.64. The molecule has 2 nitrogen and oxygen atoms in total. The van der Waals surface area contributed by atoms with Gasteiger partial charge in [-0.2, -0.15) is 0 Å². The van der Waals surface area contributed by atoms with Crippen LogP contribution in [-0.4, -0.2) is 47.0 Å². The van der Waals surface area contributed by atoms with Crippen LogP contribution in [0.25, 0.3) is 0 Å². The van der Waals surface area contributed by atoms with Gasteiger partial charge < -0.3 is 0 Å². The molecule has 110 valence electrons. The number of likely N-dealkylation sites (tertiary alicyclic amines) is 2. The highest BCUT2D eigenvalue weighted by Crippen LogP contribution is 2.14. The fourth-order valence-corrected chi connectivity index (χ4v) is 3.16. The summed E-state index contributed by atoms with van der Waals surface area (Å²) < 4.78 is 0. The molecule has 4 heteroatoms.